The maximum atomic E-state index is 12.8. The van der Waals surface area contributed by atoms with E-state index in [4.69, 9.17) is 10.3 Å². The topological polar surface area (TPSA) is 218 Å². The molecule has 2 aliphatic heterocycles. The fourth-order valence-corrected chi connectivity index (χ4v) is 7.55. The largest absolute Gasteiger partial charge is 0.477 e. The van der Waals surface area contributed by atoms with Crippen molar-refractivity contribution < 1.29 is 32.5 Å². The Morgan fingerprint density at radius 3 is 2.78 bits per heavy atom. The Morgan fingerprint density at radius 2 is 2.11 bits per heavy atom. The molecule has 4 rings (SSSR count). The van der Waals surface area contributed by atoms with Gasteiger partial charge in [-0.05, 0) is 5.57 Å². The number of nitrogen functional groups attached to an aromatic ring is 1. The zero-order valence-electron chi connectivity index (χ0n) is 18.1. The Morgan fingerprint density at radius 1 is 1.33 bits per heavy atom. The summed E-state index contributed by atoms with van der Waals surface area (Å²) in [5.41, 5.74) is 6.48. The van der Waals surface area contributed by atoms with Crippen molar-refractivity contribution in [2.45, 2.75) is 22.2 Å². The van der Waals surface area contributed by atoms with E-state index in [-0.39, 0.29) is 24.4 Å². The predicted molar refractivity (Wildman–Crippen MR) is 135 cm³/mol. The molecule has 2 atom stereocenters. The highest BCUT2D eigenvalue weighted by Crippen LogP contribution is 2.42. The number of rotatable bonds is 11. The van der Waals surface area contributed by atoms with Crippen LogP contribution in [0.3, 0.4) is 0 Å². The number of β-lactam (4-membered cyclic amide) rings is 1. The molecule has 1 unspecified atom stereocenters. The van der Waals surface area contributed by atoms with E-state index in [1.807, 2.05) is 0 Å². The van der Waals surface area contributed by atoms with Gasteiger partial charge < -0.3 is 21.5 Å². The number of carbonyl (C=O) groups is 3. The third-order valence-corrected chi connectivity index (χ3v) is 9.77. The minimum atomic E-state index is -4.10. The third-order valence-electron chi connectivity index (χ3n) is 4.89. The van der Waals surface area contributed by atoms with Crippen molar-refractivity contribution in [2.24, 2.45) is 0 Å². The molecule has 0 aliphatic carbocycles. The smallest absolute Gasteiger partial charge is 0.352 e. The Balaban J connectivity index is 1.35. The summed E-state index contributed by atoms with van der Waals surface area (Å²) in [7, 11) is -4.10. The molecule has 0 bridgehead atoms. The summed E-state index contributed by atoms with van der Waals surface area (Å²) in [6, 6.07) is -0.832. The van der Waals surface area contributed by atoms with Crippen LogP contribution in [0, 0.1) is 0 Å². The second-order valence-corrected chi connectivity index (χ2v) is 13.2. The van der Waals surface area contributed by atoms with Gasteiger partial charge in [0, 0.05) is 23.4 Å². The molecule has 1 fully saturated rings. The summed E-state index contributed by atoms with van der Waals surface area (Å²) < 4.78 is 30.8. The van der Waals surface area contributed by atoms with E-state index < -0.39 is 45.1 Å². The molecule has 4 heterocycles. The number of anilines is 2. The van der Waals surface area contributed by atoms with Crippen LogP contribution in [0.25, 0.3) is 0 Å². The summed E-state index contributed by atoms with van der Waals surface area (Å²) in [4.78, 5) is 42.3. The van der Waals surface area contributed by atoms with Crippen LogP contribution < -0.4 is 16.4 Å². The molecule has 1 saturated heterocycles. The highest BCUT2D eigenvalue weighted by atomic mass is 32.2. The second-order valence-electron chi connectivity index (χ2n) is 7.44. The van der Waals surface area contributed by atoms with Gasteiger partial charge in [0.2, 0.25) is 11.0 Å². The van der Waals surface area contributed by atoms with Gasteiger partial charge >= 0.3 is 5.97 Å². The number of nitrogens with one attached hydrogen (secondary N) is 2. The number of carboxylic acids is 1. The van der Waals surface area contributed by atoms with Crippen molar-refractivity contribution in [1.29, 1.82) is 0 Å². The van der Waals surface area contributed by atoms with Gasteiger partial charge in [0.15, 0.2) is 9.47 Å². The van der Waals surface area contributed by atoms with Crippen molar-refractivity contribution in [2.75, 3.05) is 34.9 Å². The van der Waals surface area contributed by atoms with Gasteiger partial charge in [-0.2, -0.15) is 8.42 Å². The molecule has 2 aromatic rings. The fraction of sp³-hybridized carbons (Fsp3) is 0.412. The SMILES string of the molecule is Nc1nc(CC(=O)NC2C(=O)N3C(C(=O)O)=C(CSc4nnc(NCCS(=O)(=O)O)s4)CS[C@@H]23)cs1. The fourth-order valence-electron chi connectivity index (χ4n) is 3.36. The van der Waals surface area contributed by atoms with Gasteiger partial charge in [0.1, 0.15) is 17.1 Å². The number of hydrogen-bond acceptors (Lipinski definition) is 14. The first kappa shape index (κ1) is 26.6. The van der Waals surface area contributed by atoms with Gasteiger partial charge in [0.25, 0.3) is 16.0 Å². The normalized spacial score (nSPS) is 19.6. The van der Waals surface area contributed by atoms with Crippen molar-refractivity contribution >= 4 is 84.4 Å². The predicted octanol–water partition coefficient (Wildman–Crippen LogP) is -0.0501. The van der Waals surface area contributed by atoms with Crippen LogP contribution in [0.15, 0.2) is 21.0 Å². The zero-order chi connectivity index (χ0) is 26.0. The van der Waals surface area contributed by atoms with E-state index in [9.17, 15) is 27.9 Å². The lowest BCUT2D eigenvalue weighted by Crippen LogP contribution is -2.70. The molecule has 14 nitrogen and oxygen atoms in total. The number of amides is 2. The summed E-state index contributed by atoms with van der Waals surface area (Å²) in [5, 5.41) is 24.9. The molecule has 2 amide bonds. The number of carboxylic acid groups (broad SMARTS) is 1. The summed E-state index contributed by atoms with van der Waals surface area (Å²) in [6.45, 7) is -0.0446. The molecule has 6 N–H and O–H groups in total. The van der Waals surface area contributed by atoms with Crippen molar-refractivity contribution in [1.82, 2.24) is 25.4 Å². The molecule has 0 saturated carbocycles. The van der Waals surface area contributed by atoms with Crippen LogP contribution in [-0.4, -0.2) is 91.2 Å². The Labute approximate surface area is 220 Å². The average molecular weight is 594 g/mol. The van der Waals surface area contributed by atoms with Crippen LogP contribution in [-0.2, 0) is 30.9 Å². The maximum Gasteiger partial charge on any atom is 0.352 e. The van der Waals surface area contributed by atoms with E-state index in [2.05, 4.69) is 25.8 Å². The summed E-state index contributed by atoms with van der Waals surface area (Å²) in [5.74, 6) is -2.04. The molecule has 0 aromatic carbocycles. The Kier molecular flexibility index (Phi) is 8.05. The van der Waals surface area contributed by atoms with Crippen LogP contribution in [0.1, 0.15) is 5.69 Å². The minimum absolute atomic E-state index is 0.0348. The van der Waals surface area contributed by atoms with E-state index in [0.29, 0.717) is 31.6 Å². The highest BCUT2D eigenvalue weighted by Gasteiger charge is 2.54. The summed E-state index contributed by atoms with van der Waals surface area (Å²) in [6.07, 6.45) is -0.0348. The molecule has 194 valence electrons. The number of nitrogens with two attached hydrogens (primary N) is 1. The molecule has 0 radical (unpaired) electrons. The van der Waals surface area contributed by atoms with E-state index in [0.717, 1.165) is 11.3 Å². The Bertz CT molecular complexity index is 1320. The van der Waals surface area contributed by atoms with E-state index in [1.165, 1.54) is 39.8 Å². The lowest BCUT2D eigenvalue weighted by molar-refractivity contribution is -0.150. The van der Waals surface area contributed by atoms with Crippen molar-refractivity contribution in [3.63, 3.8) is 0 Å². The molecular weight excluding hydrogens is 575 g/mol. The van der Waals surface area contributed by atoms with Gasteiger partial charge in [-0.15, -0.1) is 33.3 Å². The van der Waals surface area contributed by atoms with E-state index in [1.54, 1.807) is 5.38 Å². The standard InChI is InChI=1S/C17H19N7O7S5/c18-15-20-8(6-33-15)3-9(25)21-10-12(26)24-11(14(27)28)7(4-32-13(10)24)5-34-17-23-22-16(35-17)19-1-2-36(29,30)31/h6,10,13H,1-5H2,(H2,18,20)(H,19,22)(H,21,25)(H,27,28)(H,29,30,31)/t10?,13-/m0/s1. The second kappa shape index (κ2) is 10.9. The molecule has 2 aromatic heterocycles. The molecular formula is C17H19N7O7S5. The van der Waals surface area contributed by atoms with Gasteiger partial charge in [-0.3, -0.25) is 19.0 Å². The highest BCUT2D eigenvalue weighted by molar-refractivity contribution is 8.02. The number of carbonyl (C=O) groups excluding carboxylic acids is 2. The van der Waals surface area contributed by atoms with Crippen LogP contribution >= 0.6 is 46.2 Å². The average Bonchev–Trinajstić information content (AvgIpc) is 3.42. The first-order valence-electron chi connectivity index (χ1n) is 10.1. The van der Waals surface area contributed by atoms with Gasteiger partial charge in [-0.25, -0.2) is 9.78 Å². The van der Waals surface area contributed by atoms with Crippen LogP contribution in [0.5, 0.6) is 0 Å². The number of nitrogens with zero attached hydrogens (tertiary/aromatic N) is 4. The zero-order valence-corrected chi connectivity index (χ0v) is 22.2. The third kappa shape index (κ3) is 6.27. The number of thioether (sulfide) groups is 2. The van der Waals surface area contributed by atoms with Crippen molar-refractivity contribution in [3.8, 4) is 0 Å². The molecule has 0 spiro atoms. The molecule has 36 heavy (non-hydrogen) atoms. The lowest BCUT2D eigenvalue weighted by Gasteiger charge is -2.49. The monoisotopic (exact) mass is 593 g/mol. The van der Waals surface area contributed by atoms with Crippen molar-refractivity contribution in [3.05, 3.63) is 22.3 Å². The molecule has 19 heteroatoms. The number of aromatic nitrogens is 3. The summed E-state index contributed by atoms with van der Waals surface area (Å²) >= 11 is 4.94. The first-order valence-corrected chi connectivity index (χ1v) is 15.4. The van der Waals surface area contributed by atoms with Crippen LogP contribution in [0.4, 0.5) is 10.3 Å². The Hall–Kier alpha value is -2.45. The number of hydrogen-bond donors (Lipinski definition) is 5. The minimum Gasteiger partial charge on any atom is -0.477 e. The van der Waals surface area contributed by atoms with Crippen LogP contribution in [0.2, 0.25) is 0 Å². The lowest BCUT2D eigenvalue weighted by atomic mass is 10.0. The number of thiazole rings is 1. The van der Waals surface area contributed by atoms with E-state index >= 15 is 0 Å². The number of fused-ring (bicyclic) bond motifs is 1. The van der Waals surface area contributed by atoms with Gasteiger partial charge in [0.05, 0.1) is 17.9 Å². The van der Waals surface area contributed by atoms with Gasteiger partial charge in [-0.1, -0.05) is 23.1 Å². The number of aliphatic carboxylic acids is 1. The first-order chi connectivity index (χ1) is 17.0. The maximum absolute atomic E-state index is 12.8. The molecule has 2 aliphatic rings. The quantitative estimate of drug-likeness (QED) is 0.131.